The SMILES string of the molecule is O=C(O)c1ccc(C(O)(C(F)(F)F)C(F)(F)F)cc1C(=O)O. The predicted octanol–water partition coefficient (Wildman–Crippen LogP) is 2.40. The molecule has 0 aromatic heterocycles. The van der Waals surface area contributed by atoms with Crippen LogP contribution in [0.2, 0.25) is 0 Å². The predicted molar refractivity (Wildman–Crippen MR) is 56.4 cm³/mol. The highest BCUT2D eigenvalue weighted by molar-refractivity contribution is 6.01. The lowest BCUT2D eigenvalue weighted by molar-refractivity contribution is -0.376. The van der Waals surface area contributed by atoms with Crippen molar-refractivity contribution in [3.05, 3.63) is 34.9 Å². The lowest BCUT2D eigenvalue weighted by atomic mass is 9.89. The molecule has 1 aromatic carbocycles. The number of carboxylic acid groups (broad SMARTS) is 2. The number of hydrogen-bond acceptors (Lipinski definition) is 3. The Morgan fingerprint density at radius 3 is 1.55 bits per heavy atom. The van der Waals surface area contributed by atoms with Gasteiger partial charge in [0.1, 0.15) is 0 Å². The molecule has 3 N–H and O–H groups in total. The molecule has 0 aliphatic carbocycles. The van der Waals surface area contributed by atoms with E-state index in [1.165, 1.54) is 0 Å². The van der Waals surface area contributed by atoms with Crippen LogP contribution in [-0.4, -0.2) is 39.6 Å². The minimum Gasteiger partial charge on any atom is -0.478 e. The summed E-state index contributed by atoms with van der Waals surface area (Å²) in [6, 6.07) is 0.118. The maximum absolute atomic E-state index is 12.6. The number of rotatable bonds is 3. The van der Waals surface area contributed by atoms with Gasteiger partial charge in [-0.3, -0.25) is 0 Å². The number of halogens is 6. The zero-order valence-corrected chi connectivity index (χ0v) is 10.2. The Hall–Kier alpha value is -2.30. The van der Waals surface area contributed by atoms with Gasteiger partial charge in [0.05, 0.1) is 11.1 Å². The van der Waals surface area contributed by atoms with Crippen molar-refractivity contribution in [3.63, 3.8) is 0 Å². The minimum absolute atomic E-state index is 0.0525. The van der Waals surface area contributed by atoms with E-state index in [4.69, 9.17) is 15.3 Å². The highest BCUT2D eigenvalue weighted by Crippen LogP contribution is 2.50. The summed E-state index contributed by atoms with van der Waals surface area (Å²) in [6.45, 7) is 0. The largest absolute Gasteiger partial charge is 0.478 e. The second-order valence-electron chi connectivity index (χ2n) is 4.08. The molecular formula is C11H6F6O5. The second-order valence-corrected chi connectivity index (χ2v) is 4.08. The van der Waals surface area contributed by atoms with Gasteiger partial charge in [-0.2, -0.15) is 26.3 Å². The van der Waals surface area contributed by atoms with E-state index in [0.29, 0.717) is 0 Å². The molecule has 0 unspecified atom stereocenters. The molecule has 0 fully saturated rings. The Labute approximate surface area is 117 Å². The Morgan fingerprint density at radius 1 is 0.818 bits per heavy atom. The van der Waals surface area contributed by atoms with Gasteiger partial charge in [-0.25, -0.2) is 9.59 Å². The first-order chi connectivity index (χ1) is 9.73. The Kier molecular flexibility index (Phi) is 4.16. The molecule has 0 aliphatic heterocycles. The van der Waals surface area contributed by atoms with E-state index in [0.717, 1.165) is 0 Å². The monoisotopic (exact) mass is 332 g/mol. The van der Waals surface area contributed by atoms with E-state index >= 15 is 0 Å². The summed E-state index contributed by atoms with van der Waals surface area (Å²) in [7, 11) is 0. The van der Waals surface area contributed by atoms with E-state index in [-0.39, 0.29) is 18.2 Å². The molecule has 0 atom stereocenters. The first kappa shape index (κ1) is 17.8. The first-order valence-corrected chi connectivity index (χ1v) is 5.20. The van der Waals surface area contributed by atoms with Crippen LogP contribution in [0.25, 0.3) is 0 Å². The van der Waals surface area contributed by atoms with Crippen LogP contribution in [0.3, 0.4) is 0 Å². The molecule has 0 radical (unpaired) electrons. The van der Waals surface area contributed by atoms with Crippen molar-refractivity contribution in [2.45, 2.75) is 18.0 Å². The average Bonchev–Trinajstić information content (AvgIpc) is 2.34. The van der Waals surface area contributed by atoms with Crippen LogP contribution in [0, 0.1) is 0 Å². The van der Waals surface area contributed by atoms with Gasteiger partial charge in [0.2, 0.25) is 0 Å². The molecular weight excluding hydrogens is 326 g/mol. The van der Waals surface area contributed by atoms with E-state index in [2.05, 4.69) is 0 Å². The lowest BCUT2D eigenvalue weighted by Gasteiger charge is -2.32. The number of hydrogen-bond donors (Lipinski definition) is 3. The summed E-state index contributed by atoms with van der Waals surface area (Å²) in [5.41, 5.74) is -9.53. The fourth-order valence-corrected chi connectivity index (χ4v) is 1.62. The van der Waals surface area contributed by atoms with Crippen molar-refractivity contribution in [1.29, 1.82) is 0 Å². The van der Waals surface area contributed by atoms with Gasteiger partial charge in [-0.05, 0) is 12.1 Å². The van der Waals surface area contributed by atoms with E-state index in [9.17, 15) is 35.9 Å². The van der Waals surface area contributed by atoms with Gasteiger partial charge < -0.3 is 15.3 Å². The molecule has 1 aromatic rings. The van der Waals surface area contributed by atoms with Crippen molar-refractivity contribution in [1.82, 2.24) is 0 Å². The summed E-state index contributed by atoms with van der Waals surface area (Å²) in [5.74, 6) is -3.93. The Morgan fingerprint density at radius 2 is 1.23 bits per heavy atom. The topological polar surface area (TPSA) is 94.8 Å². The number of benzene rings is 1. The maximum atomic E-state index is 12.6. The first-order valence-electron chi connectivity index (χ1n) is 5.20. The van der Waals surface area contributed by atoms with E-state index < -0.39 is 46.6 Å². The molecule has 0 bridgehead atoms. The summed E-state index contributed by atoms with van der Waals surface area (Å²) >= 11 is 0. The number of alkyl halides is 6. The van der Waals surface area contributed by atoms with Crippen LogP contribution < -0.4 is 0 Å². The van der Waals surface area contributed by atoms with Crippen molar-refractivity contribution >= 4 is 11.9 Å². The van der Waals surface area contributed by atoms with E-state index in [1.807, 2.05) is 0 Å². The van der Waals surface area contributed by atoms with Gasteiger partial charge in [0, 0.05) is 5.56 Å². The molecule has 0 saturated carbocycles. The van der Waals surface area contributed by atoms with Crippen LogP contribution in [0.15, 0.2) is 18.2 Å². The quantitative estimate of drug-likeness (QED) is 0.739. The fourth-order valence-electron chi connectivity index (χ4n) is 1.62. The second kappa shape index (κ2) is 5.16. The van der Waals surface area contributed by atoms with E-state index in [1.54, 1.807) is 0 Å². The number of aromatic carboxylic acids is 2. The van der Waals surface area contributed by atoms with Crippen LogP contribution in [-0.2, 0) is 5.60 Å². The molecule has 0 heterocycles. The van der Waals surface area contributed by atoms with Crippen molar-refractivity contribution in [2.75, 3.05) is 0 Å². The van der Waals surface area contributed by atoms with Crippen molar-refractivity contribution < 1.29 is 51.3 Å². The van der Waals surface area contributed by atoms with Crippen molar-refractivity contribution in [3.8, 4) is 0 Å². The fraction of sp³-hybridized carbons (Fsp3) is 0.273. The molecule has 22 heavy (non-hydrogen) atoms. The zero-order valence-electron chi connectivity index (χ0n) is 10.2. The highest BCUT2D eigenvalue weighted by atomic mass is 19.4. The minimum atomic E-state index is -6.20. The lowest BCUT2D eigenvalue weighted by Crippen LogP contribution is -2.54. The number of carboxylic acids is 2. The molecule has 0 saturated heterocycles. The van der Waals surface area contributed by atoms with Crippen LogP contribution >= 0.6 is 0 Å². The summed E-state index contributed by atoms with van der Waals surface area (Å²) in [4.78, 5) is 21.5. The standard InChI is InChI=1S/C11H6F6O5/c12-10(13,14)9(22,11(15,16)17)4-1-2-5(7(18)19)6(3-4)8(20)21/h1-3,22H,(H,18,19)(H,20,21). The molecule has 5 nitrogen and oxygen atoms in total. The van der Waals surface area contributed by atoms with Crippen LogP contribution in [0.1, 0.15) is 26.3 Å². The third-order valence-electron chi connectivity index (χ3n) is 2.72. The number of aliphatic hydroxyl groups is 1. The molecule has 11 heteroatoms. The van der Waals surface area contributed by atoms with Gasteiger partial charge in [-0.1, -0.05) is 6.07 Å². The Bertz CT molecular complexity index is 604. The Balaban J connectivity index is 3.70. The van der Waals surface area contributed by atoms with Crippen LogP contribution in [0.5, 0.6) is 0 Å². The molecule has 1 rings (SSSR count). The van der Waals surface area contributed by atoms with Gasteiger partial charge >= 0.3 is 24.3 Å². The highest BCUT2D eigenvalue weighted by Gasteiger charge is 2.71. The van der Waals surface area contributed by atoms with Crippen molar-refractivity contribution in [2.24, 2.45) is 0 Å². The summed E-state index contributed by atoms with van der Waals surface area (Å²) < 4.78 is 75.9. The summed E-state index contributed by atoms with van der Waals surface area (Å²) in [6.07, 6.45) is -12.4. The average molecular weight is 332 g/mol. The maximum Gasteiger partial charge on any atom is 0.430 e. The van der Waals surface area contributed by atoms with Gasteiger partial charge in [0.15, 0.2) is 0 Å². The molecule has 122 valence electrons. The van der Waals surface area contributed by atoms with Crippen LogP contribution in [0.4, 0.5) is 26.3 Å². The third kappa shape index (κ3) is 2.71. The third-order valence-corrected chi connectivity index (χ3v) is 2.72. The zero-order chi connectivity index (χ0) is 17.5. The van der Waals surface area contributed by atoms with Gasteiger partial charge in [-0.15, -0.1) is 0 Å². The number of carbonyl (C=O) groups is 2. The molecule has 0 spiro atoms. The van der Waals surface area contributed by atoms with Gasteiger partial charge in [0.25, 0.3) is 5.60 Å². The molecule has 0 aliphatic rings. The summed E-state index contributed by atoms with van der Waals surface area (Å²) in [5, 5.41) is 26.5. The normalized spacial score (nSPS) is 13.0. The smallest absolute Gasteiger partial charge is 0.430 e. The molecule has 0 amide bonds.